The van der Waals surface area contributed by atoms with Crippen molar-refractivity contribution >= 4 is 21.8 Å². The van der Waals surface area contributed by atoms with Crippen LogP contribution in [0, 0.1) is 0 Å². The Morgan fingerprint density at radius 2 is 2.00 bits per heavy atom. The highest BCUT2D eigenvalue weighted by Gasteiger charge is 2.21. The minimum Gasteiger partial charge on any atom is -0.438 e. The van der Waals surface area contributed by atoms with Crippen molar-refractivity contribution in [2.75, 3.05) is 6.54 Å². The lowest BCUT2D eigenvalue weighted by atomic mass is 10.1. The quantitative estimate of drug-likeness (QED) is 0.604. The van der Waals surface area contributed by atoms with Crippen LogP contribution in [0.15, 0.2) is 69.7 Å². The second-order valence-corrected chi connectivity index (χ2v) is 6.81. The molecule has 0 fully saturated rings. The van der Waals surface area contributed by atoms with Crippen molar-refractivity contribution in [3.8, 4) is 11.3 Å². The summed E-state index contributed by atoms with van der Waals surface area (Å²) < 4.78 is 6.77. The lowest BCUT2D eigenvalue weighted by Gasteiger charge is -2.15. The first kappa shape index (κ1) is 18.4. The summed E-state index contributed by atoms with van der Waals surface area (Å²) in [4.78, 5) is 17.0. The summed E-state index contributed by atoms with van der Waals surface area (Å²) >= 11 is 3.39. The first-order chi connectivity index (χ1) is 12.7. The van der Waals surface area contributed by atoms with E-state index >= 15 is 0 Å². The van der Waals surface area contributed by atoms with Crippen LogP contribution in [-0.4, -0.2) is 17.4 Å². The van der Waals surface area contributed by atoms with E-state index in [9.17, 15) is 4.79 Å². The predicted molar refractivity (Wildman–Crippen MR) is 105 cm³/mol. The molecule has 5 nitrogen and oxygen atoms in total. The molecule has 3 aromatic rings. The molecule has 0 bridgehead atoms. The van der Waals surface area contributed by atoms with Gasteiger partial charge in [-0.05, 0) is 37.6 Å². The average Bonchev–Trinajstić information content (AvgIpc) is 3.16. The second-order valence-electron chi connectivity index (χ2n) is 5.90. The first-order valence-corrected chi connectivity index (χ1v) is 9.24. The summed E-state index contributed by atoms with van der Waals surface area (Å²) in [5.41, 5.74) is 7.17. The fourth-order valence-electron chi connectivity index (χ4n) is 2.64. The molecule has 0 aliphatic carbocycles. The topological polar surface area (TPSA) is 81.1 Å². The molecular weight excluding hydrogens is 394 g/mol. The smallest absolute Gasteiger partial charge is 0.251 e. The highest BCUT2D eigenvalue weighted by Crippen LogP contribution is 2.25. The third-order valence-corrected chi connectivity index (χ3v) is 4.46. The van der Waals surface area contributed by atoms with Crippen molar-refractivity contribution in [3.05, 3.63) is 76.7 Å². The largest absolute Gasteiger partial charge is 0.438 e. The summed E-state index contributed by atoms with van der Waals surface area (Å²) in [6.45, 7) is 0.537. The zero-order valence-corrected chi connectivity index (χ0v) is 15.8. The van der Waals surface area contributed by atoms with E-state index in [0.29, 0.717) is 30.2 Å². The van der Waals surface area contributed by atoms with Crippen molar-refractivity contribution < 1.29 is 9.21 Å². The predicted octanol–water partition coefficient (Wildman–Crippen LogP) is 4.31. The van der Waals surface area contributed by atoms with Gasteiger partial charge in [-0.25, -0.2) is 4.98 Å². The van der Waals surface area contributed by atoms with E-state index in [4.69, 9.17) is 10.2 Å². The number of nitrogens with two attached hydrogens (primary N) is 1. The van der Waals surface area contributed by atoms with Crippen molar-refractivity contribution in [1.29, 1.82) is 0 Å². The van der Waals surface area contributed by atoms with Gasteiger partial charge in [0.2, 0.25) is 5.89 Å². The van der Waals surface area contributed by atoms with E-state index in [2.05, 4.69) is 26.2 Å². The Morgan fingerprint density at radius 1 is 1.19 bits per heavy atom. The summed E-state index contributed by atoms with van der Waals surface area (Å²) in [5, 5.41) is 3.00. The minimum absolute atomic E-state index is 0.173. The molecule has 0 radical (unpaired) electrons. The Hall–Kier alpha value is -2.44. The van der Waals surface area contributed by atoms with Crippen LogP contribution in [-0.2, 0) is 0 Å². The maximum atomic E-state index is 12.6. The highest BCUT2D eigenvalue weighted by molar-refractivity contribution is 9.10. The second kappa shape index (κ2) is 8.78. The molecule has 1 unspecified atom stereocenters. The number of oxazole rings is 1. The average molecular weight is 414 g/mol. The first-order valence-electron chi connectivity index (χ1n) is 8.45. The van der Waals surface area contributed by atoms with Gasteiger partial charge in [0, 0.05) is 15.6 Å². The number of aromatic nitrogens is 1. The molecule has 0 saturated heterocycles. The van der Waals surface area contributed by atoms with Crippen LogP contribution in [0.2, 0.25) is 0 Å². The van der Waals surface area contributed by atoms with Gasteiger partial charge in [0.05, 0.1) is 6.20 Å². The van der Waals surface area contributed by atoms with Crippen LogP contribution >= 0.6 is 15.9 Å². The zero-order chi connectivity index (χ0) is 18.4. The number of nitrogens with one attached hydrogen (secondary N) is 1. The number of rotatable bonds is 7. The molecule has 0 spiro atoms. The summed E-state index contributed by atoms with van der Waals surface area (Å²) in [6, 6.07) is 16.7. The number of carbonyl (C=O) groups excluding carboxylic acids is 1. The van der Waals surface area contributed by atoms with Crippen molar-refractivity contribution in [2.45, 2.75) is 18.9 Å². The minimum atomic E-state index is -0.331. The Labute approximate surface area is 160 Å². The molecule has 0 saturated carbocycles. The van der Waals surface area contributed by atoms with Gasteiger partial charge in [-0.2, -0.15) is 0 Å². The van der Waals surface area contributed by atoms with Crippen LogP contribution in [0.1, 0.15) is 35.1 Å². The van der Waals surface area contributed by atoms with Crippen LogP contribution in [0.25, 0.3) is 11.3 Å². The lowest BCUT2D eigenvalue weighted by molar-refractivity contribution is 0.0927. The number of halogens is 1. The van der Waals surface area contributed by atoms with Crippen molar-refractivity contribution in [2.24, 2.45) is 5.73 Å². The Kier molecular flexibility index (Phi) is 6.20. The molecule has 2 aromatic carbocycles. The third kappa shape index (κ3) is 4.59. The molecule has 6 heteroatoms. The maximum absolute atomic E-state index is 12.6. The van der Waals surface area contributed by atoms with Gasteiger partial charge in [-0.1, -0.05) is 52.3 Å². The fourth-order valence-corrected chi connectivity index (χ4v) is 3.03. The summed E-state index contributed by atoms with van der Waals surface area (Å²) in [6.07, 6.45) is 3.10. The van der Waals surface area contributed by atoms with Gasteiger partial charge in [0.25, 0.3) is 5.91 Å². The number of hydrogen-bond donors (Lipinski definition) is 2. The number of carbonyl (C=O) groups is 1. The van der Waals surface area contributed by atoms with Crippen LogP contribution in [0.3, 0.4) is 0 Å². The van der Waals surface area contributed by atoms with Crippen LogP contribution in [0.4, 0.5) is 0 Å². The molecule has 1 amide bonds. The molecule has 3 rings (SSSR count). The maximum Gasteiger partial charge on any atom is 0.251 e. The van der Waals surface area contributed by atoms with Crippen LogP contribution < -0.4 is 11.1 Å². The number of hydrogen-bond acceptors (Lipinski definition) is 4. The summed E-state index contributed by atoms with van der Waals surface area (Å²) in [5.74, 6) is 0.989. The number of nitrogens with zero attached hydrogens (tertiary/aromatic N) is 1. The highest BCUT2D eigenvalue weighted by atomic mass is 79.9. The van der Waals surface area contributed by atoms with E-state index in [1.165, 1.54) is 0 Å². The zero-order valence-electron chi connectivity index (χ0n) is 14.2. The van der Waals surface area contributed by atoms with Gasteiger partial charge in [0.15, 0.2) is 5.76 Å². The molecule has 0 aliphatic rings. The van der Waals surface area contributed by atoms with Gasteiger partial charge in [0.1, 0.15) is 6.04 Å². The summed E-state index contributed by atoms with van der Waals surface area (Å²) in [7, 11) is 0. The van der Waals surface area contributed by atoms with Gasteiger partial charge in [-0.15, -0.1) is 0 Å². The van der Waals surface area contributed by atoms with Gasteiger partial charge < -0.3 is 15.5 Å². The van der Waals surface area contributed by atoms with E-state index < -0.39 is 0 Å². The molecule has 3 N–H and O–H groups in total. The molecule has 1 atom stereocenters. The normalized spacial score (nSPS) is 11.9. The molecular formula is C20H20BrN3O2. The third-order valence-electron chi connectivity index (χ3n) is 3.97. The van der Waals surface area contributed by atoms with E-state index in [-0.39, 0.29) is 11.9 Å². The SMILES string of the molecule is NCCCC(NC(=O)c1cccc(Br)c1)c1ncc(-c2ccccc2)o1. The van der Waals surface area contributed by atoms with Crippen LogP contribution in [0.5, 0.6) is 0 Å². The number of amides is 1. The van der Waals surface area contributed by atoms with Crippen molar-refractivity contribution in [1.82, 2.24) is 10.3 Å². The van der Waals surface area contributed by atoms with Crippen molar-refractivity contribution in [3.63, 3.8) is 0 Å². The monoisotopic (exact) mass is 413 g/mol. The standard InChI is InChI=1S/C20H20BrN3O2/c21-16-9-4-8-15(12-16)19(25)24-17(10-5-11-22)20-23-13-18(26-20)14-6-2-1-3-7-14/h1-4,6-9,12-13,17H,5,10-11,22H2,(H,24,25). The fraction of sp³-hybridized carbons (Fsp3) is 0.200. The molecule has 0 aliphatic heterocycles. The van der Waals surface area contributed by atoms with E-state index in [0.717, 1.165) is 16.5 Å². The molecule has 1 heterocycles. The molecule has 1 aromatic heterocycles. The lowest BCUT2D eigenvalue weighted by Crippen LogP contribution is -2.29. The number of benzene rings is 2. The van der Waals surface area contributed by atoms with E-state index in [1.54, 1.807) is 18.3 Å². The molecule has 134 valence electrons. The van der Waals surface area contributed by atoms with Gasteiger partial charge in [-0.3, -0.25) is 4.79 Å². The Balaban J connectivity index is 1.80. The van der Waals surface area contributed by atoms with E-state index in [1.807, 2.05) is 42.5 Å². The van der Waals surface area contributed by atoms with Gasteiger partial charge >= 0.3 is 0 Å². The molecule has 26 heavy (non-hydrogen) atoms. The Bertz CT molecular complexity index is 864. The Morgan fingerprint density at radius 3 is 2.73 bits per heavy atom.